The third-order valence-electron chi connectivity index (χ3n) is 3.71. The first-order valence-corrected chi connectivity index (χ1v) is 8.17. The van der Waals surface area contributed by atoms with E-state index in [0.29, 0.717) is 0 Å². The molecule has 4 nitrogen and oxygen atoms in total. The standard InChI is InChI=1S/C20H25NO3/c1-15(2)24-18-12-8-7-9-16(18)13-19(22)21-14-20(3,23)17-10-5-4-6-11-17/h4-12,15,23H,13-14H2,1-3H3,(H,21,22). The van der Waals surface area contributed by atoms with Gasteiger partial charge in [-0.1, -0.05) is 48.5 Å². The zero-order valence-corrected chi connectivity index (χ0v) is 14.5. The molecule has 0 aliphatic rings. The van der Waals surface area contributed by atoms with E-state index in [9.17, 15) is 9.90 Å². The van der Waals surface area contributed by atoms with Gasteiger partial charge in [-0.15, -0.1) is 0 Å². The van der Waals surface area contributed by atoms with Crippen LogP contribution in [-0.2, 0) is 16.8 Å². The SMILES string of the molecule is CC(C)Oc1ccccc1CC(=O)NCC(C)(O)c1ccccc1. The van der Waals surface area contributed by atoms with Gasteiger partial charge in [-0.05, 0) is 32.4 Å². The highest BCUT2D eigenvalue weighted by Gasteiger charge is 2.23. The second-order valence-electron chi connectivity index (χ2n) is 6.37. The maximum absolute atomic E-state index is 12.3. The molecule has 0 saturated heterocycles. The number of amides is 1. The zero-order valence-electron chi connectivity index (χ0n) is 14.5. The van der Waals surface area contributed by atoms with Crippen LogP contribution >= 0.6 is 0 Å². The van der Waals surface area contributed by atoms with Crippen LogP contribution in [0, 0.1) is 0 Å². The van der Waals surface area contributed by atoms with Crippen LogP contribution in [0.4, 0.5) is 0 Å². The molecule has 128 valence electrons. The molecule has 4 heteroatoms. The molecule has 0 aromatic heterocycles. The van der Waals surface area contributed by atoms with Crippen molar-refractivity contribution >= 4 is 5.91 Å². The third-order valence-corrected chi connectivity index (χ3v) is 3.71. The van der Waals surface area contributed by atoms with Crippen LogP contribution in [-0.4, -0.2) is 23.7 Å². The van der Waals surface area contributed by atoms with Crippen molar-refractivity contribution in [3.8, 4) is 5.75 Å². The second kappa shape index (κ2) is 7.97. The van der Waals surface area contributed by atoms with E-state index in [1.807, 2.05) is 68.4 Å². The van der Waals surface area contributed by atoms with Crippen molar-refractivity contribution in [3.63, 3.8) is 0 Å². The van der Waals surface area contributed by atoms with Gasteiger partial charge in [0.2, 0.25) is 5.91 Å². The van der Waals surface area contributed by atoms with Crippen LogP contribution < -0.4 is 10.1 Å². The van der Waals surface area contributed by atoms with Crippen LogP contribution in [0.2, 0.25) is 0 Å². The summed E-state index contributed by atoms with van der Waals surface area (Å²) in [5.41, 5.74) is 0.502. The van der Waals surface area contributed by atoms with Crippen molar-refractivity contribution in [1.29, 1.82) is 0 Å². The predicted molar refractivity (Wildman–Crippen MR) is 94.9 cm³/mol. The van der Waals surface area contributed by atoms with E-state index >= 15 is 0 Å². The number of hydrogen-bond donors (Lipinski definition) is 2. The summed E-state index contributed by atoms with van der Waals surface area (Å²) in [5.74, 6) is 0.573. The van der Waals surface area contributed by atoms with Crippen LogP contribution in [0.1, 0.15) is 31.9 Å². The van der Waals surface area contributed by atoms with Gasteiger partial charge in [0.15, 0.2) is 0 Å². The van der Waals surface area contributed by atoms with Crippen LogP contribution in [0.5, 0.6) is 5.75 Å². The normalized spacial score (nSPS) is 13.4. The van der Waals surface area contributed by atoms with Crippen LogP contribution in [0.3, 0.4) is 0 Å². The fourth-order valence-corrected chi connectivity index (χ4v) is 2.42. The molecule has 2 aromatic carbocycles. The van der Waals surface area contributed by atoms with E-state index in [2.05, 4.69) is 5.32 Å². The monoisotopic (exact) mass is 327 g/mol. The average molecular weight is 327 g/mol. The molecule has 1 atom stereocenters. The molecule has 1 unspecified atom stereocenters. The van der Waals surface area contributed by atoms with Gasteiger partial charge in [0.1, 0.15) is 11.4 Å². The van der Waals surface area contributed by atoms with Crippen LogP contribution in [0.15, 0.2) is 54.6 Å². The Morgan fingerprint density at radius 3 is 2.42 bits per heavy atom. The van der Waals surface area contributed by atoms with Gasteiger partial charge in [0.25, 0.3) is 0 Å². The van der Waals surface area contributed by atoms with Crippen molar-refractivity contribution < 1.29 is 14.6 Å². The lowest BCUT2D eigenvalue weighted by atomic mass is 9.96. The summed E-state index contributed by atoms with van der Waals surface area (Å²) in [6, 6.07) is 16.8. The quantitative estimate of drug-likeness (QED) is 0.822. The fraction of sp³-hybridized carbons (Fsp3) is 0.350. The Hall–Kier alpha value is -2.33. The minimum atomic E-state index is -1.11. The second-order valence-corrected chi connectivity index (χ2v) is 6.37. The Balaban J connectivity index is 1.97. The summed E-state index contributed by atoms with van der Waals surface area (Å²) in [6.07, 6.45) is 0.265. The molecule has 0 radical (unpaired) electrons. The van der Waals surface area contributed by atoms with Gasteiger partial charge in [-0.3, -0.25) is 4.79 Å². The first-order chi connectivity index (χ1) is 11.4. The largest absolute Gasteiger partial charge is 0.491 e. The summed E-state index contributed by atoms with van der Waals surface area (Å²) in [5, 5.41) is 13.3. The molecular weight excluding hydrogens is 302 g/mol. The van der Waals surface area contributed by atoms with Crippen molar-refractivity contribution in [2.24, 2.45) is 0 Å². The molecule has 0 aliphatic carbocycles. The predicted octanol–water partition coefficient (Wildman–Crippen LogP) is 3.04. The highest BCUT2D eigenvalue weighted by atomic mass is 16.5. The van der Waals surface area contributed by atoms with Gasteiger partial charge in [0, 0.05) is 5.56 Å². The Kier molecular flexibility index (Phi) is 5.99. The highest BCUT2D eigenvalue weighted by molar-refractivity contribution is 5.79. The van der Waals surface area contributed by atoms with Gasteiger partial charge >= 0.3 is 0 Å². The molecule has 2 aromatic rings. The lowest BCUT2D eigenvalue weighted by Crippen LogP contribution is -2.39. The Morgan fingerprint density at radius 2 is 1.75 bits per heavy atom. The Bertz CT molecular complexity index is 666. The average Bonchev–Trinajstić information content (AvgIpc) is 2.55. The number of aliphatic hydroxyl groups is 1. The number of rotatable bonds is 7. The number of benzene rings is 2. The molecule has 24 heavy (non-hydrogen) atoms. The first-order valence-electron chi connectivity index (χ1n) is 8.17. The lowest BCUT2D eigenvalue weighted by molar-refractivity contribution is -0.121. The van der Waals surface area contributed by atoms with Gasteiger partial charge in [0.05, 0.1) is 19.1 Å². The van der Waals surface area contributed by atoms with E-state index in [0.717, 1.165) is 16.9 Å². The number of carbonyl (C=O) groups is 1. The molecule has 1 amide bonds. The number of para-hydroxylation sites is 1. The molecule has 0 fully saturated rings. The van der Waals surface area contributed by atoms with E-state index in [4.69, 9.17) is 4.74 Å². The van der Waals surface area contributed by atoms with E-state index in [1.165, 1.54) is 0 Å². The molecule has 2 rings (SSSR count). The third kappa shape index (κ3) is 5.10. The summed E-state index contributed by atoms with van der Waals surface area (Å²) in [4.78, 5) is 12.3. The summed E-state index contributed by atoms with van der Waals surface area (Å²) < 4.78 is 5.73. The maximum Gasteiger partial charge on any atom is 0.224 e. The Morgan fingerprint density at radius 1 is 1.12 bits per heavy atom. The van der Waals surface area contributed by atoms with Gasteiger partial charge in [-0.25, -0.2) is 0 Å². The number of carbonyl (C=O) groups excluding carboxylic acids is 1. The number of nitrogens with one attached hydrogen (secondary N) is 1. The van der Waals surface area contributed by atoms with Crippen molar-refractivity contribution in [3.05, 3.63) is 65.7 Å². The van der Waals surface area contributed by atoms with Crippen molar-refractivity contribution in [2.75, 3.05) is 6.54 Å². The smallest absolute Gasteiger partial charge is 0.224 e. The molecule has 0 saturated carbocycles. The fourth-order valence-electron chi connectivity index (χ4n) is 2.42. The molecule has 2 N–H and O–H groups in total. The first kappa shape index (κ1) is 18.0. The Labute approximate surface area is 143 Å². The minimum Gasteiger partial charge on any atom is -0.491 e. The minimum absolute atomic E-state index is 0.0491. The van der Waals surface area contributed by atoms with E-state index < -0.39 is 5.60 Å². The van der Waals surface area contributed by atoms with Crippen molar-refractivity contribution in [1.82, 2.24) is 5.32 Å². The summed E-state index contributed by atoms with van der Waals surface area (Å²) in [6.45, 7) is 5.75. The molecule has 0 spiro atoms. The zero-order chi connectivity index (χ0) is 17.6. The van der Waals surface area contributed by atoms with E-state index in [1.54, 1.807) is 6.92 Å². The molecule has 0 bridgehead atoms. The highest BCUT2D eigenvalue weighted by Crippen LogP contribution is 2.21. The summed E-state index contributed by atoms with van der Waals surface area (Å²) in [7, 11) is 0. The van der Waals surface area contributed by atoms with Crippen molar-refractivity contribution in [2.45, 2.75) is 38.9 Å². The van der Waals surface area contributed by atoms with Crippen LogP contribution in [0.25, 0.3) is 0 Å². The topological polar surface area (TPSA) is 58.6 Å². The summed E-state index contributed by atoms with van der Waals surface area (Å²) >= 11 is 0. The van der Waals surface area contributed by atoms with Gasteiger partial charge in [-0.2, -0.15) is 0 Å². The molecular formula is C20H25NO3. The number of ether oxygens (including phenoxy) is 1. The van der Waals surface area contributed by atoms with E-state index in [-0.39, 0.29) is 25.0 Å². The lowest BCUT2D eigenvalue weighted by Gasteiger charge is -2.24. The maximum atomic E-state index is 12.3. The number of hydrogen-bond acceptors (Lipinski definition) is 3. The molecule has 0 heterocycles. The molecule has 0 aliphatic heterocycles. The van der Waals surface area contributed by atoms with Gasteiger partial charge < -0.3 is 15.2 Å².